The summed E-state index contributed by atoms with van der Waals surface area (Å²) in [5.41, 5.74) is 3.79. The van der Waals surface area contributed by atoms with Gasteiger partial charge in [-0.05, 0) is 38.0 Å². The van der Waals surface area contributed by atoms with Crippen LogP contribution in [0.15, 0.2) is 53.7 Å². The van der Waals surface area contributed by atoms with E-state index in [4.69, 9.17) is 4.84 Å². The predicted octanol–water partition coefficient (Wildman–Crippen LogP) is 3.12. The maximum atomic E-state index is 11.8. The van der Waals surface area contributed by atoms with Crippen molar-refractivity contribution in [3.63, 3.8) is 0 Å². The van der Waals surface area contributed by atoms with Gasteiger partial charge in [0.2, 0.25) is 0 Å². The van der Waals surface area contributed by atoms with Crippen LogP contribution in [0.2, 0.25) is 0 Å². The molecule has 0 heterocycles. The molecule has 26 heavy (non-hydrogen) atoms. The molecule has 0 aliphatic rings. The van der Waals surface area contributed by atoms with Crippen molar-refractivity contribution in [3.8, 4) is 0 Å². The fourth-order valence-electron chi connectivity index (χ4n) is 2.41. The van der Waals surface area contributed by atoms with E-state index in [1.807, 2.05) is 69.3 Å². The van der Waals surface area contributed by atoms with Crippen LogP contribution in [-0.2, 0) is 14.4 Å². The molecular formula is C20H23N3O3. The normalized spacial score (nSPS) is 11.8. The molecule has 0 spiro atoms. The number of anilines is 1. The second-order valence-electron chi connectivity index (χ2n) is 6.02. The van der Waals surface area contributed by atoms with Gasteiger partial charge in [-0.25, -0.2) is 0 Å². The molecule has 2 rings (SSSR count). The number of hydrogen-bond donors (Lipinski definition) is 2. The minimum atomic E-state index is -0.421. The lowest BCUT2D eigenvalue weighted by atomic mass is 10.1. The van der Waals surface area contributed by atoms with Gasteiger partial charge in [-0.1, -0.05) is 53.2 Å². The van der Waals surface area contributed by atoms with Gasteiger partial charge in [-0.15, -0.1) is 0 Å². The monoisotopic (exact) mass is 353 g/mol. The first-order valence-electron chi connectivity index (χ1n) is 8.33. The SMILES string of the molecule is Cc1ccc(NC(=O)/C=N\OCC(=O)N[C@H](C)c2ccccc2)c(C)c1. The Kier molecular flexibility index (Phi) is 6.91. The average Bonchev–Trinajstić information content (AvgIpc) is 2.62. The van der Waals surface area contributed by atoms with Crippen molar-refractivity contribution in [2.45, 2.75) is 26.8 Å². The minimum absolute atomic E-state index is 0.135. The molecule has 2 N–H and O–H groups in total. The smallest absolute Gasteiger partial charge is 0.270 e. The molecule has 2 aromatic carbocycles. The number of carbonyl (C=O) groups is 2. The summed E-state index contributed by atoms with van der Waals surface area (Å²) in [6, 6.07) is 15.2. The van der Waals surface area contributed by atoms with E-state index in [0.717, 1.165) is 22.9 Å². The Balaban J connectivity index is 1.74. The molecule has 0 fully saturated rings. The van der Waals surface area contributed by atoms with Crippen molar-refractivity contribution in [2.75, 3.05) is 11.9 Å². The molecule has 6 nitrogen and oxygen atoms in total. The van der Waals surface area contributed by atoms with Crippen molar-refractivity contribution in [1.82, 2.24) is 5.32 Å². The standard InChI is InChI=1S/C20H23N3O3/c1-14-9-10-18(15(2)11-14)23-19(24)12-21-26-13-20(25)22-16(3)17-7-5-4-6-8-17/h4-12,16H,13H2,1-3H3,(H,22,25)(H,23,24)/b21-12-/t16-/m1/s1. The van der Waals surface area contributed by atoms with E-state index in [2.05, 4.69) is 15.8 Å². The first kappa shape index (κ1) is 19.2. The fraction of sp³-hybridized carbons (Fsp3) is 0.250. The van der Waals surface area contributed by atoms with Crippen LogP contribution in [0.4, 0.5) is 5.69 Å². The second kappa shape index (κ2) is 9.36. The van der Waals surface area contributed by atoms with Gasteiger partial charge in [0.1, 0.15) is 6.21 Å². The molecule has 0 aliphatic carbocycles. The van der Waals surface area contributed by atoms with Crippen molar-refractivity contribution in [3.05, 3.63) is 65.2 Å². The Bertz CT molecular complexity index is 788. The molecule has 0 aliphatic heterocycles. The molecule has 136 valence electrons. The molecule has 0 aromatic heterocycles. The van der Waals surface area contributed by atoms with Crippen molar-refractivity contribution in [2.24, 2.45) is 5.16 Å². The van der Waals surface area contributed by atoms with Crippen LogP contribution in [0.5, 0.6) is 0 Å². The summed E-state index contributed by atoms with van der Waals surface area (Å²) < 4.78 is 0. The summed E-state index contributed by atoms with van der Waals surface area (Å²) in [5.74, 6) is -0.733. The zero-order chi connectivity index (χ0) is 18.9. The first-order chi connectivity index (χ1) is 12.5. The van der Waals surface area contributed by atoms with Gasteiger partial charge in [0.15, 0.2) is 6.61 Å². The number of oxime groups is 1. The maximum absolute atomic E-state index is 11.8. The summed E-state index contributed by atoms with van der Waals surface area (Å²) in [6.07, 6.45) is 1.01. The zero-order valence-electron chi connectivity index (χ0n) is 15.2. The number of rotatable bonds is 7. The van der Waals surface area contributed by atoms with Gasteiger partial charge in [-0.3, -0.25) is 9.59 Å². The summed E-state index contributed by atoms with van der Waals surface area (Å²) in [7, 11) is 0. The lowest BCUT2D eigenvalue weighted by Crippen LogP contribution is -2.29. The molecular weight excluding hydrogens is 330 g/mol. The average molecular weight is 353 g/mol. The molecule has 0 unspecified atom stereocenters. The van der Waals surface area contributed by atoms with E-state index < -0.39 is 5.91 Å². The quantitative estimate of drug-likeness (QED) is 0.593. The highest BCUT2D eigenvalue weighted by Crippen LogP contribution is 2.15. The fourth-order valence-corrected chi connectivity index (χ4v) is 2.41. The molecule has 0 bridgehead atoms. The zero-order valence-corrected chi connectivity index (χ0v) is 15.2. The van der Waals surface area contributed by atoms with Crippen LogP contribution in [0.3, 0.4) is 0 Å². The highest BCUT2D eigenvalue weighted by Gasteiger charge is 2.09. The van der Waals surface area contributed by atoms with E-state index in [1.165, 1.54) is 0 Å². The number of aryl methyl sites for hydroxylation is 2. The number of carbonyl (C=O) groups excluding carboxylic acids is 2. The van der Waals surface area contributed by atoms with E-state index in [1.54, 1.807) is 0 Å². The second-order valence-corrected chi connectivity index (χ2v) is 6.02. The van der Waals surface area contributed by atoms with E-state index in [9.17, 15) is 9.59 Å². The molecule has 0 radical (unpaired) electrons. The number of nitrogens with zero attached hydrogens (tertiary/aromatic N) is 1. The molecule has 1 atom stereocenters. The Labute approximate surface area is 153 Å². The number of benzene rings is 2. The maximum Gasteiger partial charge on any atom is 0.270 e. The third-order valence-corrected chi connectivity index (χ3v) is 3.76. The number of hydrogen-bond acceptors (Lipinski definition) is 4. The Morgan fingerprint density at radius 1 is 1.15 bits per heavy atom. The van der Waals surface area contributed by atoms with Crippen molar-refractivity contribution in [1.29, 1.82) is 0 Å². The van der Waals surface area contributed by atoms with Gasteiger partial charge < -0.3 is 15.5 Å². The summed E-state index contributed by atoms with van der Waals surface area (Å²) >= 11 is 0. The van der Waals surface area contributed by atoms with Gasteiger partial charge in [-0.2, -0.15) is 0 Å². The first-order valence-corrected chi connectivity index (χ1v) is 8.33. The van der Waals surface area contributed by atoms with Crippen LogP contribution in [0.1, 0.15) is 29.7 Å². The van der Waals surface area contributed by atoms with Crippen LogP contribution >= 0.6 is 0 Å². The Morgan fingerprint density at radius 2 is 1.88 bits per heavy atom. The molecule has 2 aromatic rings. The van der Waals surface area contributed by atoms with Crippen LogP contribution in [-0.4, -0.2) is 24.6 Å². The van der Waals surface area contributed by atoms with Crippen LogP contribution in [0, 0.1) is 13.8 Å². The Hall–Kier alpha value is -3.15. The number of nitrogens with one attached hydrogen (secondary N) is 2. The lowest BCUT2D eigenvalue weighted by molar-refractivity contribution is -0.126. The van der Waals surface area contributed by atoms with E-state index in [0.29, 0.717) is 5.69 Å². The van der Waals surface area contributed by atoms with Gasteiger partial charge in [0, 0.05) is 5.69 Å². The summed E-state index contributed by atoms with van der Waals surface area (Å²) in [4.78, 5) is 28.5. The van der Waals surface area contributed by atoms with E-state index in [-0.39, 0.29) is 18.6 Å². The predicted molar refractivity (Wildman–Crippen MR) is 102 cm³/mol. The molecule has 6 heteroatoms. The highest BCUT2D eigenvalue weighted by molar-refractivity contribution is 6.31. The van der Waals surface area contributed by atoms with Crippen molar-refractivity contribution < 1.29 is 14.4 Å². The third kappa shape index (κ3) is 6.05. The molecule has 0 saturated carbocycles. The van der Waals surface area contributed by atoms with Crippen molar-refractivity contribution >= 4 is 23.7 Å². The molecule has 0 saturated heterocycles. The summed E-state index contributed by atoms with van der Waals surface area (Å²) in [6.45, 7) is 5.52. The van der Waals surface area contributed by atoms with Crippen LogP contribution < -0.4 is 10.6 Å². The Morgan fingerprint density at radius 3 is 2.58 bits per heavy atom. The van der Waals surface area contributed by atoms with E-state index >= 15 is 0 Å². The number of amides is 2. The van der Waals surface area contributed by atoms with Crippen LogP contribution in [0.25, 0.3) is 0 Å². The van der Waals surface area contributed by atoms with Gasteiger partial charge in [0.05, 0.1) is 6.04 Å². The van der Waals surface area contributed by atoms with Gasteiger partial charge in [0.25, 0.3) is 11.8 Å². The molecule has 2 amide bonds. The summed E-state index contributed by atoms with van der Waals surface area (Å²) in [5, 5.41) is 9.05. The minimum Gasteiger partial charge on any atom is -0.386 e. The third-order valence-electron chi connectivity index (χ3n) is 3.76. The largest absolute Gasteiger partial charge is 0.386 e. The highest BCUT2D eigenvalue weighted by atomic mass is 16.6. The topological polar surface area (TPSA) is 79.8 Å². The lowest BCUT2D eigenvalue weighted by Gasteiger charge is -2.13. The van der Waals surface area contributed by atoms with Gasteiger partial charge >= 0.3 is 0 Å².